The number of rotatable bonds is 9. The summed E-state index contributed by atoms with van der Waals surface area (Å²) in [5.41, 5.74) is 0. The van der Waals surface area contributed by atoms with Gasteiger partial charge in [-0.1, -0.05) is 18.0 Å². The molecule has 0 aromatic carbocycles. The summed E-state index contributed by atoms with van der Waals surface area (Å²) in [6.45, 7) is 0.261. The summed E-state index contributed by atoms with van der Waals surface area (Å²) in [4.78, 5) is 20.7. The zero-order chi connectivity index (χ0) is 11.5. The van der Waals surface area contributed by atoms with Crippen molar-refractivity contribution >= 4 is 5.91 Å². The van der Waals surface area contributed by atoms with Gasteiger partial charge in [0.05, 0.1) is 13.2 Å². The minimum atomic E-state index is -1.33. The first-order valence-electron chi connectivity index (χ1n) is 5.08. The number of nitrogens with zero attached hydrogens (tertiary/aromatic N) is 1. The second-order valence-corrected chi connectivity index (χ2v) is 3.26. The topological polar surface area (TPSA) is 99.0 Å². The van der Waals surface area contributed by atoms with E-state index in [1.165, 1.54) is 0 Å². The van der Waals surface area contributed by atoms with Crippen LogP contribution in [-0.4, -0.2) is 41.9 Å². The maximum Gasteiger partial charge on any atom is 0.251 e. The standard InChI is InChI=1S/C9H18N2O4/c12-7-8(13)9(14)10-5-3-1-2-4-6-11-15/h8,12-13H,1-7H2,(H,10,14). The number of carbonyl (C=O) groups is 1. The molecule has 88 valence electrons. The van der Waals surface area contributed by atoms with Gasteiger partial charge in [0.1, 0.15) is 0 Å². The molecule has 0 rings (SSSR count). The van der Waals surface area contributed by atoms with E-state index < -0.39 is 18.6 Å². The van der Waals surface area contributed by atoms with Gasteiger partial charge in [0.15, 0.2) is 6.10 Å². The largest absolute Gasteiger partial charge is 0.393 e. The molecule has 1 amide bonds. The Bertz CT molecular complexity index is 187. The molecule has 0 heterocycles. The van der Waals surface area contributed by atoms with E-state index >= 15 is 0 Å². The van der Waals surface area contributed by atoms with Gasteiger partial charge in [-0.3, -0.25) is 4.79 Å². The van der Waals surface area contributed by atoms with Crippen LogP contribution in [0.3, 0.4) is 0 Å². The molecule has 0 spiro atoms. The molecule has 1 unspecified atom stereocenters. The molecule has 0 radical (unpaired) electrons. The Labute approximate surface area is 88.7 Å². The number of hydrogen-bond acceptors (Lipinski definition) is 5. The summed E-state index contributed by atoms with van der Waals surface area (Å²) < 4.78 is 0. The Morgan fingerprint density at radius 1 is 1.27 bits per heavy atom. The van der Waals surface area contributed by atoms with Gasteiger partial charge in [0.2, 0.25) is 0 Å². The molecule has 0 saturated heterocycles. The minimum Gasteiger partial charge on any atom is -0.393 e. The van der Waals surface area contributed by atoms with Crippen molar-refractivity contribution in [3.05, 3.63) is 4.91 Å². The van der Waals surface area contributed by atoms with Crippen LogP contribution in [-0.2, 0) is 4.79 Å². The fourth-order valence-electron chi connectivity index (χ4n) is 1.07. The first-order valence-corrected chi connectivity index (χ1v) is 5.08. The van der Waals surface area contributed by atoms with Crippen molar-refractivity contribution in [1.82, 2.24) is 5.32 Å². The fraction of sp³-hybridized carbons (Fsp3) is 0.889. The molecule has 0 aliphatic carbocycles. The number of nitroso groups, excluding NO2 is 1. The van der Waals surface area contributed by atoms with Crippen molar-refractivity contribution < 1.29 is 15.0 Å². The number of aliphatic hydroxyl groups excluding tert-OH is 2. The molecule has 6 heteroatoms. The quantitative estimate of drug-likeness (QED) is 0.368. The average molecular weight is 218 g/mol. The highest BCUT2D eigenvalue weighted by molar-refractivity contribution is 5.80. The summed E-state index contributed by atoms with van der Waals surface area (Å²) >= 11 is 0. The fourth-order valence-corrected chi connectivity index (χ4v) is 1.07. The monoisotopic (exact) mass is 218 g/mol. The van der Waals surface area contributed by atoms with Gasteiger partial charge in [-0.25, -0.2) is 0 Å². The van der Waals surface area contributed by atoms with Crippen molar-refractivity contribution in [3.8, 4) is 0 Å². The number of unbranched alkanes of at least 4 members (excludes halogenated alkanes) is 3. The maximum absolute atomic E-state index is 10.9. The van der Waals surface area contributed by atoms with E-state index in [0.717, 1.165) is 25.7 Å². The minimum absolute atomic E-state index is 0.343. The molecular formula is C9H18N2O4. The van der Waals surface area contributed by atoms with Crippen molar-refractivity contribution in [3.63, 3.8) is 0 Å². The van der Waals surface area contributed by atoms with Crippen LogP contribution in [0.1, 0.15) is 25.7 Å². The van der Waals surface area contributed by atoms with E-state index in [1.807, 2.05) is 0 Å². The molecule has 0 fully saturated rings. The number of nitrogens with one attached hydrogen (secondary N) is 1. The Hall–Kier alpha value is -1.01. The molecule has 0 aromatic heterocycles. The van der Waals surface area contributed by atoms with E-state index in [0.29, 0.717) is 13.1 Å². The summed E-state index contributed by atoms with van der Waals surface area (Å²) in [5, 5.41) is 22.6. The Balaban J connectivity index is 3.23. The van der Waals surface area contributed by atoms with Gasteiger partial charge in [-0.2, -0.15) is 4.91 Å². The highest BCUT2D eigenvalue weighted by Gasteiger charge is 2.11. The molecule has 0 saturated carbocycles. The summed E-state index contributed by atoms with van der Waals surface area (Å²) in [7, 11) is 0. The summed E-state index contributed by atoms with van der Waals surface area (Å²) in [6.07, 6.45) is 2.05. The SMILES string of the molecule is O=NCCCCCCNC(=O)C(O)CO. The normalized spacial score (nSPS) is 12.1. The number of hydrogen-bond donors (Lipinski definition) is 3. The van der Waals surface area contributed by atoms with Crippen LogP contribution in [0.25, 0.3) is 0 Å². The number of amides is 1. The zero-order valence-electron chi connectivity index (χ0n) is 8.69. The second kappa shape index (κ2) is 9.54. The molecule has 1 atom stereocenters. The van der Waals surface area contributed by atoms with E-state index in [4.69, 9.17) is 10.2 Å². The molecule has 0 aliphatic heterocycles. The number of aliphatic hydroxyl groups is 2. The van der Waals surface area contributed by atoms with Crippen LogP contribution in [0.5, 0.6) is 0 Å². The van der Waals surface area contributed by atoms with E-state index in [2.05, 4.69) is 10.5 Å². The molecule has 0 aliphatic rings. The van der Waals surface area contributed by atoms with Gasteiger partial charge < -0.3 is 15.5 Å². The predicted octanol–water partition coefficient (Wildman–Crippen LogP) is -0.217. The van der Waals surface area contributed by atoms with Gasteiger partial charge in [0.25, 0.3) is 5.91 Å². The lowest BCUT2D eigenvalue weighted by atomic mass is 10.2. The maximum atomic E-state index is 10.9. The van der Waals surface area contributed by atoms with Crippen molar-refractivity contribution in [1.29, 1.82) is 0 Å². The highest BCUT2D eigenvalue weighted by atomic mass is 16.3. The predicted molar refractivity (Wildman–Crippen MR) is 55.2 cm³/mol. The van der Waals surface area contributed by atoms with Crippen LogP contribution < -0.4 is 5.32 Å². The second-order valence-electron chi connectivity index (χ2n) is 3.26. The van der Waals surface area contributed by atoms with Gasteiger partial charge in [-0.15, -0.1) is 0 Å². The number of carbonyl (C=O) groups excluding carboxylic acids is 1. The molecule has 3 N–H and O–H groups in total. The van der Waals surface area contributed by atoms with E-state index in [-0.39, 0.29) is 0 Å². The van der Waals surface area contributed by atoms with Gasteiger partial charge in [-0.05, 0) is 12.8 Å². The third-order valence-corrected chi connectivity index (χ3v) is 1.95. The van der Waals surface area contributed by atoms with Crippen LogP contribution in [0.4, 0.5) is 0 Å². The Morgan fingerprint density at radius 2 is 1.93 bits per heavy atom. The van der Waals surface area contributed by atoms with Crippen molar-refractivity contribution in [2.75, 3.05) is 19.7 Å². The molecule has 0 aromatic rings. The highest BCUT2D eigenvalue weighted by Crippen LogP contribution is 1.98. The smallest absolute Gasteiger partial charge is 0.251 e. The Morgan fingerprint density at radius 3 is 2.53 bits per heavy atom. The van der Waals surface area contributed by atoms with Gasteiger partial charge >= 0.3 is 0 Å². The lowest BCUT2D eigenvalue weighted by Gasteiger charge is -2.08. The molecular weight excluding hydrogens is 200 g/mol. The lowest BCUT2D eigenvalue weighted by Crippen LogP contribution is -2.37. The molecule has 6 nitrogen and oxygen atoms in total. The van der Waals surface area contributed by atoms with Crippen LogP contribution in [0.15, 0.2) is 5.18 Å². The first-order chi connectivity index (χ1) is 7.22. The van der Waals surface area contributed by atoms with Crippen LogP contribution in [0.2, 0.25) is 0 Å². The van der Waals surface area contributed by atoms with E-state index in [1.54, 1.807) is 0 Å². The molecule has 0 bridgehead atoms. The van der Waals surface area contributed by atoms with Crippen LogP contribution >= 0.6 is 0 Å². The Kier molecular flexibility index (Phi) is 8.90. The third kappa shape index (κ3) is 8.02. The first kappa shape index (κ1) is 14.0. The zero-order valence-corrected chi connectivity index (χ0v) is 8.69. The van der Waals surface area contributed by atoms with Crippen molar-refractivity contribution in [2.24, 2.45) is 5.18 Å². The van der Waals surface area contributed by atoms with Crippen molar-refractivity contribution in [2.45, 2.75) is 31.8 Å². The van der Waals surface area contributed by atoms with Gasteiger partial charge in [0, 0.05) is 6.54 Å². The average Bonchev–Trinajstić information content (AvgIpc) is 2.26. The summed E-state index contributed by atoms with van der Waals surface area (Å²) in [6, 6.07) is 0. The lowest BCUT2D eigenvalue weighted by molar-refractivity contribution is -0.131. The summed E-state index contributed by atoms with van der Waals surface area (Å²) in [5.74, 6) is -0.549. The third-order valence-electron chi connectivity index (χ3n) is 1.95. The van der Waals surface area contributed by atoms with Crippen LogP contribution in [0, 0.1) is 4.91 Å². The van der Waals surface area contributed by atoms with E-state index in [9.17, 15) is 9.70 Å². The molecule has 15 heavy (non-hydrogen) atoms.